The summed E-state index contributed by atoms with van der Waals surface area (Å²) in [5, 5.41) is 17.3. The zero-order chi connectivity index (χ0) is 10.0. The first-order valence-corrected chi connectivity index (χ1v) is 3.76. The third-order valence-corrected chi connectivity index (χ3v) is 1.74. The Morgan fingerprint density at radius 1 is 1.14 bits per heavy atom. The number of aromatic carboxylic acids is 2. The first kappa shape index (κ1) is 13.5. The van der Waals surface area contributed by atoms with Crippen molar-refractivity contribution in [2.75, 3.05) is 0 Å². The van der Waals surface area contributed by atoms with Crippen molar-refractivity contribution >= 4 is 24.6 Å². The summed E-state index contributed by atoms with van der Waals surface area (Å²) in [6, 6.07) is 3.85. The van der Waals surface area contributed by atoms with Crippen LogP contribution in [-0.4, -0.2) is 22.2 Å². The van der Waals surface area contributed by atoms with Crippen molar-refractivity contribution in [3.8, 4) is 0 Å². The Bertz CT molecular complexity index is 383. The number of carboxylic acid groups (broad SMARTS) is 2. The van der Waals surface area contributed by atoms with Gasteiger partial charge in [-0.15, -0.1) is 12.6 Å². The van der Waals surface area contributed by atoms with E-state index in [2.05, 4.69) is 12.6 Å². The van der Waals surface area contributed by atoms with Gasteiger partial charge in [0.25, 0.3) is 0 Å². The Balaban J connectivity index is 0. The molecule has 0 saturated carbocycles. The minimum atomic E-state index is -1.27. The average molecular weight is 222 g/mol. The molecule has 0 heterocycles. The van der Waals surface area contributed by atoms with E-state index in [1.165, 1.54) is 18.2 Å². The van der Waals surface area contributed by atoms with Crippen LogP contribution in [0.15, 0.2) is 23.1 Å². The van der Waals surface area contributed by atoms with Gasteiger partial charge in [0, 0.05) is 4.90 Å². The van der Waals surface area contributed by atoms with E-state index in [9.17, 15) is 9.59 Å². The maximum absolute atomic E-state index is 10.6. The van der Waals surface area contributed by atoms with E-state index in [0.29, 0.717) is 4.90 Å². The maximum Gasteiger partial charge on any atom is 1.00 e. The molecule has 4 nitrogen and oxygen atoms in total. The van der Waals surface area contributed by atoms with Crippen LogP contribution in [0.4, 0.5) is 0 Å². The zero-order valence-corrected chi connectivity index (χ0v) is 10.3. The molecule has 6 heteroatoms. The first-order chi connectivity index (χ1) is 6.02. The van der Waals surface area contributed by atoms with Crippen LogP contribution in [0, 0.1) is 0 Å². The molecule has 1 aromatic carbocycles. The fourth-order valence-electron chi connectivity index (χ4n) is 0.896. The van der Waals surface area contributed by atoms with Crippen molar-refractivity contribution in [3.05, 3.63) is 29.3 Å². The van der Waals surface area contributed by atoms with E-state index in [4.69, 9.17) is 10.2 Å². The molecule has 0 aliphatic carbocycles. The molecule has 0 amide bonds. The molecular weight excluding hydrogens is 215 g/mol. The van der Waals surface area contributed by atoms with E-state index >= 15 is 0 Å². The molecule has 70 valence electrons. The molecule has 0 spiro atoms. The van der Waals surface area contributed by atoms with Gasteiger partial charge in [0.15, 0.2) is 0 Å². The van der Waals surface area contributed by atoms with Crippen molar-refractivity contribution < 1.29 is 50.8 Å². The van der Waals surface area contributed by atoms with Crippen LogP contribution in [0.5, 0.6) is 0 Å². The molecule has 0 bridgehead atoms. The third-order valence-electron chi connectivity index (χ3n) is 1.46. The van der Waals surface area contributed by atoms with Gasteiger partial charge in [-0.1, -0.05) is 0 Å². The number of hydrogen-bond donors (Lipinski definition) is 3. The molecule has 14 heavy (non-hydrogen) atoms. The zero-order valence-electron chi connectivity index (χ0n) is 8.39. The Hall–Kier alpha value is -0.490. The molecular formula is C8H7NaO4S. The van der Waals surface area contributed by atoms with E-state index in [-0.39, 0.29) is 42.1 Å². The Labute approximate surface area is 109 Å². The summed E-state index contributed by atoms with van der Waals surface area (Å²) in [6.07, 6.45) is 0. The summed E-state index contributed by atoms with van der Waals surface area (Å²) < 4.78 is 0. The minimum absolute atomic E-state index is 0. The van der Waals surface area contributed by atoms with Gasteiger partial charge in [0.05, 0.1) is 11.1 Å². The van der Waals surface area contributed by atoms with Gasteiger partial charge >= 0.3 is 41.5 Å². The average Bonchev–Trinajstić information content (AvgIpc) is 2.03. The van der Waals surface area contributed by atoms with Crippen LogP contribution in [-0.2, 0) is 0 Å². The van der Waals surface area contributed by atoms with Gasteiger partial charge in [0.2, 0.25) is 0 Å². The second kappa shape index (κ2) is 5.41. The van der Waals surface area contributed by atoms with Crippen molar-refractivity contribution in [1.29, 1.82) is 0 Å². The monoisotopic (exact) mass is 222 g/mol. The Morgan fingerprint density at radius 2 is 1.64 bits per heavy atom. The molecule has 0 radical (unpaired) electrons. The standard InChI is InChI=1S/C8H6O4S.Na.H/c9-7(10)5-2-1-4(13)3-6(5)8(11)12;;/h1-3,13H,(H,9,10)(H,11,12);;/q;+1;-1. The molecule has 1 rings (SSSR count). The summed E-state index contributed by atoms with van der Waals surface area (Å²) in [7, 11) is 0. The van der Waals surface area contributed by atoms with Gasteiger partial charge in [-0.3, -0.25) is 0 Å². The van der Waals surface area contributed by atoms with Gasteiger partial charge in [-0.25, -0.2) is 9.59 Å². The molecule has 2 N–H and O–H groups in total. The van der Waals surface area contributed by atoms with Crippen LogP contribution in [0.25, 0.3) is 0 Å². The normalized spacial score (nSPS) is 8.93. The van der Waals surface area contributed by atoms with Crippen LogP contribution in [0.1, 0.15) is 22.1 Å². The van der Waals surface area contributed by atoms with Crippen LogP contribution in [0.2, 0.25) is 0 Å². The largest absolute Gasteiger partial charge is 1.00 e. The SMILES string of the molecule is O=C(O)c1ccc(S)cc1C(=O)O.[H-].[Na+]. The van der Waals surface area contributed by atoms with Crippen LogP contribution < -0.4 is 29.6 Å². The topological polar surface area (TPSA) is 74.6 Å². The van der Waals surface area contributed by atoms with E-state index < -0.39 is 11.9 Å². The van der Waals surface area contributed by atoms with Gasteiger partial charge in [0.1, 0.15) is 0 Å². The fraction of sp³-hybridized carbons (Fsp3) is 0. The van der Waals surface area contributed by atoms with Crippen molar-refractivity contribution in [2.45, 2.75) is 4.90 Å². The minimum Gasteiger partial charge on any atom is -1.00 e. The van der Waals surface area contributed by atoms with Crippen molar-refractivity contribution in [1.82, 2.24) is 0 Å². The summed E-state index contributed by atoms with van der Waals surface area (Å²) >= 11 is 3.91. The number of carboxylic acids is 2. The quantitative estimate of drug-likeness (QED) is 0.420. The first-order valence-electron chi connectivity index (χ1n) is 3.32. The number of rotatable bonds is 2. The summed E-state index contributed by atoms with van der Waals surface area (Å²) in [5.74, 6) is -2.53. The van der Waals surface area contributed by atoms with Crippen molar-refractivity contribution in [2.24, 2.45) is 0 Å². The fourth-order valence-corrected chi connectivity index (χ4v) is 1.10. The molecule has 0 fully saturated rings. The van der Waals surface area contributed by atoms with Gasteiger partial charge in [-0.2, -0.15) is 0 Å². The molecule has 0 aliphatic heterocycles. The number of benzene rings is 1. The number of hydrogen-bond acceptors (Lipinski definition) is 3. The van der Waals surface area contributed by atoms with Gasteiger partial charge in [-0.05, 0) is 18.2 Å². The number of thiol groups is 1. The summed E-state index contributed by atoms with van der Waals surface area (Å²) in [6.45, 7) is 0. The maximum atomic E-state index is 10.6. The molecule has 0 saturated heterocycles. The van der Waals surface area contributed by atoms with Gasteiger partial charge < -0.3 is 11.6 Å². The molecule has 0 atom stereocenters. The second-order valence-electron chi connectivity index (χ2n) is 2.34. The van der Waals surface area contributed by atoms with Crippen LogP contribution in [0.3, 0.4) is 0 Å². The van der Waals surface area contributed by atoms with E-state index in [0.717, 1.165) is 0 Å². The smallest absolute Gasteiger partial charge is 1.00 e. The summed E-state index contributed by atoms with van der Waals surface area (Å²) in [5.41, 5.74) is -0.481. The Morgan fingerprint density at radius 3 is 2.07 bits per heavy atom. The predicted octanol–water partition coefficient (Wildman–Crippen LogP) is -1.51. The molecule has 0 aromatic heterocycles. The number of carbonyl (C=O) groups is 2. The molecule has 0 unspecified atom stereocenters. The Kier molecular flexibility index (Phi) is 5.22. The molecule has 0 aliphatic rings. The third kappa shape index (κ3) is 3.02. The van der Waals surface area contributed by atoms with Crippen molar-refractivity contribution in [3.63, 3.8) is 0 Å². The predicted molar refractivity (Wildman–Crippen MR) is 48.7 cm³/mol. The van der Waals surface area contributed by atoms with E-state index in [1.54, 1.807) is 0 Å². The van der Waals surface area contributed by atoms with E-state index in [1.807, 2.05) is 0 Å². The summed E-state index contributed by atoms with van der Waals surface area (Å²) in [4.78, 5) is 21.5. The molecule has 1 aromatic rings. The second-order valence-corrected chi connectivity index (χ2v) is 2.86. The van der Waals surface area contributed by atoms with Crippen LogP contribution >= 0.6 is 12.6 Å².